The van der Waals surface area contributed by atoms with Gasteiger partial charge in [-0.05, 0) is 75.0 Å². The highest BCUT2D eigenvalue weighted by molar-refractivity contribution is 6.91. The molecule has 50 heavy (non-hydrogen) atoms. The molecule has 0 spiro atoms. The average Bonchev–Trinajstić information content (AvgIpc) is 3.39. The standard InChI is InChI=1S/C36H44ClN3O9Si/c1-8-36(48-29(42)11-9-15-38-34(45)49-35(3,4)5)26-18-28-30-24(19-40(28)32(43)25(26)20-46-33(36)44)31(50(6,7)16-10-14-37)23-17-22(47-21(2)41)12-13-27(23)39-30/h12-13,17-18H,8-11,14-16,19-20H2,1-7H3,(H,38,45)/t36-/m0/s1. The Morgan fingerprint density at radius 2 is 1.86 bits per heavy atom. The topological polar surface area (TPSA) is 152 Å². The number of hydrogen-bond acceptors (Lipinski definition) is 10. The van der Waals surface area contributed by atoms with E-state index in [0.29, 0.717) is 28.5 Å². The number of amides is 1. The van der Waals surface area contributed by atoms with Crippen molar-refractivity contribution in [2.24, 2.45) is 0 Å². The summed E-state index contributed by atoms with van der Waals surface area (Å²) >= 11 is 6.15. The van der Waals surface area contributed by atoms with E-state index >= 15 is 0 Å². The molecule has 0 saturated carbocycles. The van der Waals surface area contributed by atoms with E-state index in [1.807, 2.05) is 6.07 Å². The number of halogens is 1. The molecule has 2 aliphatic rings. The van der Waals surface area contributed by atoms with Crippen LogP contribution in [0.15, 0.2) is 29.1 Å². The molecule has 5 rings (SSSR count). The number of fused-ring (bicyclic) bond motifs is 5. The molecule has 268 valence electrons. The second-order valence-electron chi connectivity index (χ2n) is 14.3. The first-order valence-corrected chi connectivity index (χ1v) is 20.6. The average molecular weight is 726 g/mol. The zero-order valence-corrected chi connectivity index (χ0v) is 31.4. The number of ether oxygens (including phenoxy) is 4. The summed E-state index contributed by atoms with van der Waals surface area (Å²) in [5.41, 5.74) is 0.372. The zero-order valence-electron chi connectivity index (χ0n) is 29.6. The number of benzene rings is 1. The van der Waals surface area contributed by atoms with Gasteiger partial charge in [0.15, 0.2) is 0 Å². The van der Waals surface area contributed by atoms with Gasteiger partial charge in [-0.2, -0.15) is 0 Å². The number of alkyl halides is 1. The molecule has 0 saturated heterocycles. The van der Waals surface area contributed by atoms with E-state index in [1.54, 1.807) is 50.5 Å². The molecule has 3 aromatic rings. The molecule has 1 N–H and O–H groups in total. The van der Waals surface area contributed by atoms with Crippen LogP contribution in [0.4, 0.5) is 4.79 Å². The van der Waals surface area contributed by atoms with Crippen molar-refractivity contribution < 1.29 is 38.1 Å². The third-order valence-corrected chi connectivity index (χ3v) is 12.8. The normalized spacial score (nSPS) is 16.6. The Kier molecular flexibility index (Phi) is 10.5. The van der Waals surface area contributed by atoms with Crippen LogP contribution in [0, 0.1) is 0 Å². The van der Waals surface area contributed by atoms with Gasteiger partial charge in [-0.25, -0.2) is 14.6 Å². The van der Waals surface area contributed by atoms with Crippen LogP contribution in [0.5, 0.6) is 5.75 Å². The SMILES string of the molecule is CC[C@@]1(OC(=O)CCCNC(=O)OC(C)(C)C)C(=O)OCc2c1cc1n(c2=O)Cc2c-1nc1ccc(OC(C)=O)cc1c2[Si](C)(C)CCCCl. The fourth-order valence-electron chi connectivity index (χ4n) is 6.83. The number of rotatable bonds is 11. The third-order valence-electron chi connectivity index (χ3n) is 9.01. The van der Waals surface area contributed by atoms with Crippen molar-refractivity contribution in [2.45, 2.75) is 104 Å². The number of nitrogens with one attached hydrogen (secondary N) is 1. The number of carbonyl (C=O) groups is 4. The van der Waals surface area contributed by atoms with Crippen LogP contribution in [0.25, 0.3) is 22.3 Å². The summed E-state index contributed by atoms with van der Waals surface area (Å²) in [6.45, 7) is 13.0. The Hall–Kier alpha value is -4.23. The number of carbonyl (C=O) groups excluding carboxylic acids is 4. The van der Waals surface area contributed by atoms with E-state index in [4.69, 9.17) is 35.5 Å². The minimum absolute atomic E-state index is 0.0319. The fourth-order valence-corrected chi connectivity index (χ4v) is 10.4. The van der Waals surface area contributed by atoms with E-state index in [-0.39, 0.29) is 55.6 Å². The molecular weight excluding hydrogens is 682 g/mol. The molecule has 0 fully saturated rings. The third kappa shape index (κ3) is 7.29. The molecular formula is C36H44ClN3O9Si. The van der Waals surface area contributed by atoms with Crippen molar-refractivity contribution >= 4 is 59.8 Å². The minimum Gasteiger partial charge on any atom is -0.457 e. The van der Waals surface area contributed by atoms with Gasteiger partial charge in [0.2, 0.25) is 5.60 Å². The zero-order chi connectivity index (χ0) is 36.6. The van der Waals surface area contributed by atoms with Crippen molar-refractivity contribution in [2.75, 3.05) is 12.4 Å². The molecule has 0 aliphatic carbocycles. The lowest BCUT2D eigenvalue weighted by atomic mass is 9.85. The summed E-state index contributed by atoms with van der Waals surface area (Å²) in [4.78, 5) is 69.7. The Morgan fingerprint density at radius 3 is 2.52 bits per heavy atom. The maximum absolute atomic E-state index is 14.2. The highest BCUT2D eigenvalue weighted by Crippen LogP contribution is 2.41. The van der Waals surface area contributed by atoms with Gasteiger partial charge in [-0.1, -0.05) is 26.1 Å². The number of cyclic esters (lactones) is 1. The van der Waals surface area contributed by atoms with Gasteiger partial charge in [-0.3, -0.25) is 14.4 Å². The van der Waals surface area contributed by atoms with Gasteiger partial charge < -0.3 is 28.8 Å². The first-order chi connectivity index (χ1) is 23.5. The number of nitrogens with zero attached hydrogens (tertiary/aromatic N) is 2. The summed E-state index contributed by atoms with van der Waals surface area (Å²) in [7, 11) is -2.24. The summed E-state index contributed by atoms with van der Waals surface area (Å²) in [6, 6.07) is 7.95. The van der Waals surface area contributed by atoms with E-state index in [2.05, 4.69) is 18.4 Å². The van der Waals surface area contributed by atoms with Gasteiger partial charge in [0, 0.05) is 36.7 Å². The summed E-state index contributed by atoms with van der Waals surface area (Å²) in [5.74, 6) is -0.943. The fraction of sp³-hybridized carbons (Fsp3) is 0.500. The van der Waals surface area contributed by atoms with E-state index in [0.717, 1.165) is 28.6 Å². The molecule has 1 amide bonds. The Bertz CT molecular complexity index is 1930. The largest absolute Gasteiger partial charge is 0.457 e. The van der Waals surface area contributed by atoms with Crippen LogP contribution in [0.2, 0.25) is 19.1 Å². The molecule has 0 radical (unpaired) electrons. The van der Waals surface area contributed by atoms with Gasteiger partial charge in [0.05, 0.1) is 37.1 Å². The van der Waals surface area contributed by atoms with Crippen molar-refractivity contribution in [3.63, 3.8) is 0 Å². The van der Waals surface area contributed by atoms with Crippen molar-refractivity contribution in [1.82, 2.24) is 14.9 Å². The lowest BCUT2D eigenvalue weighted by Crippen LogP contribution is -2.47. The van der Waals surface area contributed by atoms with Gasteiger partial charge >= 0.3 is 24.0 Å². The number of alkyl carbamates (subject to hydrolysis) is 1. The van der Waals surface area contributed by atoms with Crippen LogP contribution in [-0.4, -0.2) is 59.7 Å². The van der Waals surface area contributed by atoms with Crippen LogP contribution in [0.1, 0.15) is 77.0 Å². The van der Waals surface area contributed by atoms with Crippen LogP contribution in [-0.2, 0) is 47.3 Å². The maximum Gasteiger partial charge on any atom is 0.407 e. The Labute approximate surface area is 296 Å². The molecule has 14 heteroatoms. The summed E-state index contributed by atoms with van der Waals surface area (Å²) in [6.07, 6.45) is 0.383. The molecule has 1 atom stereocenters. The van der Waals surface area contributed by atoms with Crippen LogP contribution in [0.3, 0.4) is 0 Å². The lowest BCUT2D eigenvalue weighted by molar-refractivity contribution is -0.189. The molecule has 2 aliphatic heterocycles. The lowest BCUT2D eigenvalue weighted by Gasteiger charge is -2.35. The molecule has 4 heterocycles. The second-order valence-corrected chi connectivity index (χ2v) is 19.5. The highest BCUT2D eigenvalue weighted by atomic mass is 35.5. The predicted octanol–water partition coefficient (Wildman–Crippen LogP) is 5.41. The summed E-state index contributed by atoms with van der Waals surface area (Å²) < 4.78 is 23.7. The van der Waals surface area contributed by atoms with E-state index in [9.17, 15) is 24.0 Å². The summed E-state index contributed by atoms with van der Waals surface area (Å²) in [5, 5.41) is 4.56. The smallest absolute Gasteiger partial charge is 0.407 e. The van der Waals surface area contributed by atoms with Crippen molar-refractivity contribution in [1.29, 1.82) is 0 Å². The van der Waals surface area contributed by atoms with Gasteiger partial charge in [-0.15, -0.1) is 11.6 Å². The number of esters is 3. The van der Waals surface area contributed by atoms with Crippen LogP contribution < -0.4 is 20.8 Å². The molecule has 2 aromatic heterocycles. The predicted molar refractivity (Wildman–Crippen MR) is 190 cm³/mol. The molecule has 12 nitrogen and oxygen atoms in total. The van der Waals surface area contributed by atoms with Gasteiger partial charge in [0.1, 0.15) is 18.0 Å². The van der Waals surface area contributed by atoms with Crippen LogP contribution >= 0.6 is 11.6 Å². The number of pyridine rings is 2. The highest BCUT2D eigenvalue weighted by Gasteiger charge is 2.50. The van der Waals surface area contributed by atoms with Crippen molar-refractivity contribution in [3.05, 3.63) is 51.3 Å². The maximum atomic E-state index is 14.2. The Morgan fingerprint density at radius 1 is 1.12 bits per heavy atom. The van der Waals surface area contributed by atoms with E-state index in [1.165, 1.54) is 6.92 Å². The quantitative estimate of drug-likeness (QED) is 0.0531. The Balaban J connectivity index is 1.55. The molecule has 0 bridgehead atoms. The van der Waals surface area contributed by atoms with Crippen molar-refractivity contribution in [3.8, 4) is 17.1 Å². The second kappa shape index (κ2) is 14.2. The van der Waals surface area contributed by atoms with E-state index < -0.39 is 43.3 Å². The molecule has 0 unspecified atom stereocenters. The number of aromatic nitrogens is 2. The first-order valence-electron chi connectivity index (χ1n) is 16.9. The monoisotopic (exact) mass is 725 g/mol. The minimum atomic E-state index is -2.24. The first kappa shape index (κ1) is 37.0. The molecule has 1 aromatic carbocycles. The number of hydrogen-bond donors (Lipinski definition) is 1. The van der Waals surface area contributed by atoms with Gasteiger partial charge in [0.25, 0.3) is 5.56 Å².